The van der Waals surface area contributed by atoms with E-state index in [4.69, 9.17) is 5.26 Å². The number of hydrogen-bond donors (Lipinski definition) is 0. The highest BCUT2D eigenvalue weighted by Gasteiger charge is 2.33. The number of aryl methyl sites for hydroxylation is 1. The van der Waals surface area contributed by atoms with Crippen molar-refractivity contribution in [1.29, 1.82) is 5.26 Å². The summed E-state index contributed by atoms with van der Waals surface area (Å²) in [4.78, 5) is 16.0. The zero-order valence-corrected chi connectivity index (χ0v) is 10.3. The van der Waals surface area contributed by atoms with Crippen LogP contribution >= 0.6 is 11.3 Å². The van der Waals surface area contributed by atoms with Gasteiger partial charge in [-0.25, -0.2) is 0 Å². The Morgan fingerprint density at radius 3 is 2.88 bits per heavy atom. The van der Waals surface area contributed by atoms with Gasteiger partial charge in [0, 0.05) is 22.7 Å². The molecule has 84 valence electrons. The first-order chi connectivity index (χ1) is 7.61. The van der Waals surface area contributed by atoms with Gasteiger partial charge in [0.15, 0.2) is 0 Å². The Labute approximate surface area is 99.3 Å². The lowest BCUT2D eigenvalue weighted by atomic mass is 10.1. The molecule has 0 spiro atoms. The smallest absolute Gasteiger partial charge is 0.224 e. The Hall–Kier alpha value is -1.34. The second-order valence-electron chi connectivity index (χ2n) is 4.20. The van der Waals surface area contributed by atoms with E-state index in [1.807, 2.05) is 11.8 Å². The van der Waals surface area contributed by atoms with Crippen LogP contribution in [0.15, 0.2) is 12.1 Å². The largest absolute Gasteiger partial charge is 0.334 e. The normalized spacial score (nSPS) is 22.2. The Balaban J connectivity index is 2.14. The number of nitriles is 1. The molecule has 1 aliphatic rings. The summed E-state index contributed by atoms with van der Waals surface area (Å²) in [7, 11) is 0. The van der Waals surface area contributed by atoms with E-state index >= 15 is 0 Å². The van der Waals surface area contributed by atoms with E-state index in [9.17, 15) is 4.79 Å². The van der Waals surface area contributed by atoms with Crippen molar-refractivity contribution in [3.05, 3.63) is 21.9 Å². The SMILES string of the molecule is Cc1ccc(C(C)N2CC(C#N)CC2=O)s1. The van der Waals surface area contributed by atoms with Gasteiger partial charge in [-0.1, -0.05) is 0 Å². The van der Waals surface area contributed by atoms with E-state index in [1.54, 1.807) is 11.3 Å². The monoisotopic (exact) mass is 234 g/mol. The topological polar surface area (TPSA) is 44.1 Å². The molecule has 0 aromatic carbocycles. The lowest BCUT2D eigenvalue weighted by Gasteiger charge is -2.23. The number of carbonyl (C=O) groups is 1. The standard InChI is InChI=1S/C12H14N2OS/c1-8-3-4-11(16-8)9(2)14-7-10(6-13)5-12(14)15/h3-4,9-10H,5,7H2,1-2H3. The fourth-order valence-corrected chi connectivity index (χ4v) is 2.97. The van der Waals surface area contributed by atoms with Crippen molar-refractivity contribution >= 4 is 17.2 Å². The number of hydrogen-bond acceptors (Lipinski definition) is 3. The molecule has 0 radical (unpaired) electrons. The van der Waals surface area contributed by atoms with E-state index in [1.165, 1.54) is 9.75 Å². The third-order valence-corrected chi connectivity index (χ3v) is 4.15. The summed E-state index contributed by atoms with van der Waals surface area (Å²) >= 11 is 1.72. The van der Waals surface area contributed by atoms with Gasteiger partial charge < -0.3 is 4.90 Å². The highest BCUT2D eigenvalue weighted by molar-refractivity contribution is 7.12. The van der Waals surface area contributed by atoms with Crippen molar-refractivity contribution in [1.82, 2.24) is 4.90 Å². The molecule has 2 unspecified atom stereocenters. The summed E-state index contributed by atoms with van der Waals surface area (Å²) in [6.07, 6.45) is 0.380. The van der Waals surface area contributed by atoms with Gasteiger partial charge in [0.1, 0.15) is 0 Å². The Morgan fingerprint density at radius 1 is 1.62 bits per heavy atom. The molecule has 2 rings (SSSR count). The predicted octanol–water partition coefficient (Wildman–Crippen LogP) is 2.49. The Morgan fingerprint density at radius 2 is 2.38 bits per heavy atom. The van der Waals surface area contributed by atoms with Crippen LogP contribution in [-0.4, -0.2) is 17.4 Å². The van der Waals surface area contributed by atoms with Crippen LogP contribution in [0, 0.1) is 24.2 Å². The Kier molecular flexibility index (Phi) is 2.97. The van der Waals surface area contributed by atoms with Crippen molar-refractivity contribution < 1.29 is 4.79 Å². The van der Waals surface area contributed by atoms with Crippen LogP contribution in [0.5, 0.6) is 0 Å². The van der Waals surface area contributed by atoms with Crippen LogP contribution in [0.3, 0.4) is 0 Å². The van der Waals surface area contributed by atoms with Crippen molar-refractivity contribution in [3.8, 4) is 6.07 Å². The average Bonchev–Trinajstić information content (AvgIpc) is 2.83. The summed E-state index contributed by atoms with van der Waals surface area (Å²) in [6, 6.07) is 6.41. The second-order valence-corrected chi connectivity index (χ2v) is 5.52. The molecular formula is C12H14N2OS. The van der Waals surface area contributed by atoms with E-state index < -0.39 is 0 Å². The minimum Gasteiger partial charge on any atom is -0.334 e. The molecule has 1 fully saturated rings. The van der Waals surface area contributed by atoms with E-state index in [0.717, 1.165) is 0 Å². The summed E-state index contributed by atoms with van der Waals surface area (Å²) in [5, 5.41) is 8.83. The van der Waals surface area contributed by atoms with Gasteiger partial charge in [-0.3, -0.25) is 4.79 Å². The van der Waals surface area contributed by atoms with Crippen LogP contribution in [0.4, 0.5) is 0 Å². The minimum absolute atomic E-state index is 0.101. The third kappa shape index (κ3) is 1.96. The summed E-state index contributed by atoms with van der Waals surface area (Å²) in [5.74, 6) is -0.0267. The molecule has 16 heavy (non-hydrogen) atoms. The minimum atomic E-state index is -0.129. The molecule has 1 aliphatic heterocycles. The molecular weight excluding hydrogens is 220 g/mol. The van der Waals surface area contributed by atoms with Gasteiger partial charge in [-0.05, 0) is 26.0 Å². The van der Waals surface area contributed by atoms with Gasteiger partial charge in [0.25, 0.3) is 0 Å². The molecule has 2 heterocycles. The van der Waals surface area contributed by atoms with Crippen LogP contribution in [-0.2, 0) is 4.79 Å². The summed E-state index contributed by atoms with van der Waals surface area (Å²) < 4.78 is 0. The van der Waals surface area contributed by atoms with Gasteiger partial charge in [0.05, 0.1) is 18.0 Å². The molecule has 0 bridgehead atoms. The van der Waals surface area contributed by atoms with Crippen LogP contribution in [0.2, 0.25) is 0 Å². The van der Waals surface area contributed by atoms with E-state index in [0.29, 0.717) is 13.0 Å². The van der Waals surface area contributed by atoms with E-state index in [2.05, 4.69) is 25.1 Å². The van der Waals surface area contributed by atoms with Crippen LogP contribution < -0.4 is 0 Å². The molecule has 1 saturated heterocycles. The first kappa shape index (κ1) is 11.2. The first-order valence-electron chi connectivity index (χ1n) is 5.37. The summed E-state index contributed by atoms with van der Waals surface area (Å²) in [6.45, 7) is 4.67. The van der Waals surface area contributed by atoms with Crippen LogP contribution in [0.1, 0.15) is 29.1 Å². The molecule has 0 N–H and O–H groups in total. The molecule has 4 heteroatoms. The fourth-order valence-electron chi connectivity index (χ4n) is 2.02. The zero-order valence-electron chi connectivity index (χ0n) is 9.43. The van der Waals surface area contributed by atoms with E-state index in [-0.39, 0.29) is 17.9 Å². The number of carbonyl (C=O) groups excluding carboxylic acids is 1. The number of amides is 1. The Bertz CT molecular complexity index is 446. The number of likely N-dealkylation sites (tertiary alicyclic amines) is 1. The molecule has 1 amide bonds. The third-order valence-electron chi connectivity index (χ3n) is 2.98. The van der Waals surface area contributed by atoms with Gasteiger partial charge in [-0.15, -0.1) is 11.3 Å². The number of nitrogens with zero attached hydrogens (tertiary/aromatic N) is 2. The highest BCUT2D eigenvalue weighted by atomic mass is 32.1. The molecule has 1 aromatic heterocycles. The maximum absolute atomic E-state index is 11.7. The van der Waals surface area contributed by atoms with Crippen molar-refractivity contribution in [2.24, 2.45) is 5.92 Å². The predicted molar refractivity (Wildman–Crippen MR) is 62.9 cm³/mol. The second kappa shape index (κ2) is 4.26. The maximum atomic E-state index is 11.7. The van der Waals surface area contributed by atoms with Gasteiger partial charge in [-0.2, -0.15) is 5.26 Å². The molecule has 2 atom stereocenters. The lowest BCUT2D eigenvalue weighted by molar-refractivity contribution is -0.129. The molecule has 1 aromatic rings. The van der Waals surface area contributed by atoms with Crippen molar-refractivity contribution in [3.63, 3.8) is 0 Å². The zero-order chi connectivity index (χ0) is 11.7. The van der Waals surface area contributed by atoms with Crippen LogP contribution in [0.25, 0.3) is 0 Å². The number of thiophene rings is 1. The van der Waals surface area contributed by atoms with Crippen molar-refractivity contribution in [2.45, 2.75) is 26.3 Å². The number of rotatable bonds is 2. The van der Waals surface area contributed by atoms with Crippen molar-refractivity contribution in [2.75, 3.05) is 6.54 Å². The van der Waals surface area contributed by atoms with Gasteiger partial charge in [0.2, 0.25) is 5.91 Å². The molecule has 0 saturated carbocycles. The quantitative estimate of drug-likeness (QED) is 0.789. The maximum Gasteiger partial charge on any atom is 0.224 e. The fraction of sp³-hybridized carbons (Fsp3) is 0.500. The molecule has 3 nitrogen and oxygen atoms in total. The molecule has 0 aliphatic carbocycles. The lowest BCUT2D eigenvalue weighted by Crippen LogP contribution is -2.27. The summed E-state index contributed by atoms with van der Waals surface area (Å²) in [5.41, 5.74) is 0. The van der Waals surface area contributed by atoms with Gasteiger partial charge >= 0.3 is 0 Å². The first-order valence-corrected chi connectivity index (χ1v) is 6.19. The average molecular weight is 234 g/mol. The highest BCUT2D eigenvalue weighted by Crippen LogP contribution is 2.31.